The molecule has 2 atom stereocenters. The van der Waals surface area contributed by atoms with Gasteiger partial charge in [-0.05, 0) is 24.1 Å². The van der Waals surface area contributed by atoms with E-state index in [-0.39, 0.29) is 17.2 Å². The monoisotopic (exact) mass is 215 g/mol. The van der Waals surface area contributed by atoms with Crippen LogP contribution in [-0.2, 0) is 0 Å². The third-order valence-electron chi connectivity index (χ3n) is 2.28. The number of nitrogens with two attached hydrogens (primary N) is 1. The average molecular weight is 216 g/mol. The molecule has 1 aliphatic heterocycles. The van der Waals surface area contributed by atoms with Crippen molar-refractivity contribution in [2.24, 2.45) is 5.73 Å². The number of hydrogen-bond acceptors (Lipinski definition) is 3. The zero-order chi connectivity index (χ0) is 10.1. The fourth-order valence-electron chi connectivity index (χ4n) is 1.53. The minimum absolute atomic E-state index is 0.0526. The molecule has 0 spiro atoms. The van der Waals surface area contributed by atoms with Crippen molar-refractivity contribution < 1.29 is 4.39 Å². The Bertz CT molecular complexity index is 345. The molecule has 14 heavy (non-hydrogen) atoms. The normalized spacial score (nSPS) is 26.8. The molecule has 1 fully saturated rings. The second-order valence-corrected chi connectivity index (χ2v) is 3.76. The van der Waals surface area contributed by atoms with E-state index in [1.807, 2.05) is 0 Å². The molecule has 1 saturated heterocycles. The Morgan fingerprint density at radius 1 is 1.43 bits per heavy atom. The predicted molar refractivity (Wildman–Crippen MR) is 53.0 cm³/mol. The quantitative estimate of drug-likeness (QED) is 0.662. The molecule has 1 aromatic carbocycles. The lowest BCUT2D eigenvalue weighted by atomic mass is 10.0. The van der Waals surface area contributed by atoms with Gasteiger partial charge in [0.15, 0.2) is 0 Å². The van der Waals surface area contributed by atoms with Crippen molar-refractivity contribution in [1.29, 1.82) is 0 Å². The van der Waals surface area contributed by atoms with Gasteiger partial charge in [0.05, 0.1) is 11.2 Å². The number of hydrazine groups is 1. The van der Waals surface area contributed by atoms with E-state index in [2.05, 4.69) is 10.9 Å². The van der Waals surface area contributed by atoms with Crippen LogP contribution in [0.4, 0.5) is 4.39 Å². The van der Waals surface area contributed by atoms with Crippen molar-refractivity contribution in [2.45, 2.75) is 18.6 Å². The van der Waals surface area contributed by atoms with Gasteiger partial charge < -0.3 is 5.73 Å². The highest BCUT2D eigenvalue weighted by atomic mass is 35.5. The first kappa shape index (κ1) is 9.86. The molecule has 2 unspecified atom stereocenters. The highest BCUT2D eigenvalue weighted by molar-refractivity contribution is 6.30. The summed E-state index contributed by atoms with van der Waals surface area (Å²) < 4.78 is 13.1. The first-order valence-corrected chi connectivity index (χ1v) is 4.76. The van der Waals surface area contributed by atoms with Gasteiger partial charge in [0.2, 0.25) is 0 Å². The largest absolute Gasteiger partial charge is 0.315 e. The summed E-state index contributed by atoms with van der Waals surface area (Å²) in [5.41, 5.74) is 12.4. The summed E-state index contributed by atoms with van der Waals surface area (Å²) in [6.45, 7) is 0. The lowest BCUT2D eigenvalue weighted by Crippen LogP contribution is -2.36. The van der Waals surface area contributed by atoms with E-state index >= 15 is 0 Å². The highest BCUT2D eigenvalue weighted by Crippen LogP contribution is 2.24. The van der Waals surface area contributed by atoms with Crippen molar-refractivity contribution in [3.63, 3.8) is 0 Å². The summed E-state index contributed by atoms with van der Waals surface area (Å²) in [4.78, 5) is 0. The molecule has 0 aromatic heterocycles. The SMILES string of the molecule is NC1CC(c2ccc(Cl)c(F)c2)NN1. The van der Waals surface area contributed by atoms with Crippen LogP contribution in [0.15, 0.2) is 18.2 Å². The van der Waals surface area contributed by atoms with E-state index in [0.29, 0.717) is 0 Å². The van der Waals surface area contributed by atoms with Crippen LogP contribution in [0.5, 0.6) is 0 Å². The lowest BCUT2D eigenvalue weighted by molar-refractivity contribution is 0.549. The van der Waals surface area contributed by atoms with Gasteiger partial charge in [-0.2, -0.15) is 0 Å². The van der Waals surface area contributed by atoms with E-state index in [4.69, 9.17) is 17.3 Å². The first-order chi connectivity index (χ1) is 6.66. The Morgan fingerprint density at radius 2 is 2.21 bits per heavy atom. The first-order valence-electron chi connectivity index (χ1n) is 4.38. The zero-order valence-electron chi connectivity index (χ0n) is 7.43. The van der Waals surface area contributed by atoms with Crippen LogP contribution >= 0.6 is 11.6 Å². The van der Waals surface area contributed by atoms with Crippen LogP contribution in [-0.4, -0.2) is 6.17 Å². The molecule has 1 aliphatic rings. The van der Waals surface area contributed by atoms with Crippen molar-refractivity contribution in [3.8, 4) is 0 Å². The molecule has 5 heteroatoms. The topological polar surface area (TPSA) is 50.1 Å². The van der Waals surface area contributed by atoms with Gasteiger partial charge in [-0.1, -0.05) is 17.7 Å². The van der Waals surface area contributed by atoms with Gasteiger partial charge >= 0.3 is 0 Å². The van der Waals surface area contributed by atoms with Gasteiger partial charge in [0, 0.05) is 6.04 Å². The van der Waals surface area contributed by atoms with Crippen LogP contribution in [0.3, 0.4) is 0 Å². The van der Waals surface area contributed by atoms with Crippen LogP contribution in [0, 0.1) is 5.82 Å². The van der Waals surface area contributed by atoms with Crippen molar-refractivity contribution in [3.05, 3.63) is 34.6 Å². The molecule has 0 radical (unpaired) electrons. The number of halogens is 2. The zero-order valence-corrected chi connectivity index (χ0v) is 8.18. The van der Waals surface area contributed by atoms with Gasteiger partial charge in [-0.3, -0.25) is 0 Å². The van der Waals surface area contributed by atoms with Gasteiger partial charge in [-0.25, -0.2) is 15.2 Å². The fraction of sp³-hybridized carbons (Fsp3) is 0.333. The number of hydrogen-bond donors (Lipinski definition) is 3. The third-order valence-corrected chi connectivity index (χ3v) is 2.59. The Balaban J connectivity index is 2.20. The van der Waals surface area contributed by atoms with Crippen molar-refractivity contribution >= 4 is 11.6 Å². The number of rotatable bonds is 1. The summed E-state index contributed by atoms with van der Waals surface area (Å²) in [5, 5.41) is 0.143. The molecule has 1 aromatic rings. The smallest absolute Gasteiger partial charge is 0.142 e. The molecule has 0 bridgehead atoms. The number of nitrogens with one attached hydrogen (secondary N) is 2. The minimum atomic E-state index is -0.397. The van der Waals surface area contributed by atoms with Crippen LogP contribution in [0.1, 0.15) is 18.0 Å². The van der Waals surface area contributed by atoms with Crippen molar-refractivity contribution in [2.75, 3.05) is 0 Å². The van der Waals surface area contributed by atoms with Crippen LogP contribution < -0.4 is 16.6 Å². The molecular weight excluding hydrogens is 205 g/mol. The van der Waals surface area contributed by atoms with Gasteiger partial charge in [-0.15, -0.1) is 0 Å². The molecule has 3 nitrogen and oxygen atoms in total. The average Bonchev–Trinajstić information content (AvgIpc) is 2.57. The molecule has 4 N–H and O–H groups in total. The van der Waals surface area contributed by atoms with E-state index in [1.54, 1.807) is 12.1 Å². The molecule has 76 valence electrons. The van der Waals surface area contributed by atoms with E-state index in [9.17, 15) is 4.39 Å². The maximum atomic E-state index is 13.1. The predicted octanol–water partition coefficient (Wildman–Crippen LogP) is 1.30. The lowest BCUT2D eigenvalue weighted by Gasteiger charge is -2.09. The van der Waals surface area contributed by atoms with E-state index < -0.39 is 5.82 Å². The Hall–Kier alpha value is -0.680. The van der Waals surface area contributed by atoms with E-state index in [1.165, 1.54) is 6.07 Å². The number of benzene rings is 1. The summed E-state index contributed by atoms with van der Waals surface area (Å²) in [7, 11) is 0. The minimum Gasteiger partial charge on any atom is -0.315 e. The standard InChI is InChI=1S/C9H11ClFN3/c10-6-2-1-5(3-7(6)11)8-4-9(12)14-13-8/h1-3,8-9,13-14H,4,12H2. The molecule has 1 heterocycles. The van der Waals surface area contributed by atoms with Gasteiger partial charge in [0.1, 0.15) is 5.82 Å². The Labute approximate surface area is 86.4 Å². The third kappa shape index (κ3) is 1.88. The summed E-state index contributed by atoms with van der Waals surface area (Å²) in [5.74, 6) is -0.397. The maximum absolute atomic E-state index is 13.1. The van der Waals surface area contributed by atoms with E-state index in [0.717, 1.165) is 12.0 Å². The second-order valence-electron chi connectivity index (χ2n) is 3.36. The Morgan fingerprint density at radius 3 is 2.79 bits per heavy atom. The molecule has 0 saturated carbocycles. The molecule has 0 amide bonds. The molecule has 0 aliphatic carbocycles. The maximum Gasteiger partial charge on any atom is 0.142 e. The highest BCUT2D eigenvalue weighted by Gasteiger charge is 2.22. The Kier molecular flexibility index (Phi) is 2.69. The summed E-state index contributed by atoms with van der Waals surface area (Å²) in [6, 6.07) is 4.83. The van der Waals surface area contributed by atoms with Gasteiger partial charge in [0.25, 0.3) is 0 Å². The summed E-state index contributed by atoms with van der Waals surface area (Å²) >= 11 is 5.58. The van der Waals surface area contributed by atoms with Crippen molar-refractivity contribution in [1.82, 2.24) is 10.9 Å². The summed E-state index contributed by atoms with van der Waals surface area (Å²) in [6.07, 6.45) is 0.653. The van der Waals surface area contributed by atoms with Crippen LogP contribution in [0.25, 0.3) is 0 Å². The second kappa shape index (κ2) is 3.82. The van der Waals surface area contributed by atoms with Crippen LogP contribution in [0.2, 0.25) is 5.02 Å². The molecular formula is C9H11ClFN3. The molecule has 2 rings (SSSR count). The fourth-order valence-corrected chi connectivity index (χ4v) is 1.65.